The van der Waals surface area contributed by atoms with E-state index in [1.807, 2.05) is 45.0 Å². The van der Waals surface area contributed by atoms with E-state index >= 15 is 0 Å². The van der Waals surface area contributed by atoms with Crippen LogP contribution in [0.25, 0.3) is 0 Å². The summed E-state index contributed by atoms with van der Waals surface area (Å²) in [6.07, 6.45) is -0.433. The number of carbonyl (C=O) groups excluding carboxylic acids is 1. The number of nitrogens with zero attached hydrogens (tertiary/aromatic N) is 1. The van der Waals surface area contributed by atoms with Gasteiger partial charge in [0.1, 0.15) is 5.75 Å². The van der Waals surface area contributed by atoms with E-state index in [1.54, 1.807) is 11.8 Å². The van der Waals surface area contributed by atoms with Gasteiger partial charge in [0.15, 0.2) is 6.10 Å². The number of amides is 1. The number of likely N-dealkylation sites (N-methyl/N-ethyl adjacent to an activating group) is 1. The Morgan fingerprint density at radius 3 is 2.24 bits per heavy atom. The zero-order chi connectivity index (χ0) is 12.8. The molecule has 1 amide bonds. The summed E-state index contributed by atoms with van der Waals surface area (Å²) in [6, 6.07) is 7.73. The van der Waals surface area contributed by atoms with Crippen LogP contribution in [0.3, 0.4) is 0 Å². The van der Waals surface area contributed by atoms with Crippen molar-refractivity contribution in [2.24, 2.45) is 0 Å². The van der Waals surface area contributed by atoms with Crippen LogP contribution in [0.4, 0.5) is 0 Å². The van der Waals surface area contributed by atoms with Gasteiger partial charge in [-0.2, -0.15) is 0 Å². The summed E-state index contributed by atoms with van der Waals surface area (Å²) in [7, 11) is 0. The van der Waals surface area contributed by atoms with E-state index in [1.165, 1.54) is 5.56 Å². The Morgan fingerprint density at radius 2 is 1.76 bits per heavy atom. The van der Waals surface area contributed by atoms with Gasteiger partial charge in [0, 0.05) is 13.1 Å². The predicted octanol–water partition coefficient (Wildman–Crippen LogP) is 2.63. The van der Waals surface area contributed by atoms with Gasteiger partial charge in [-0.25, -0.2) is 0 Å². The second kappa shape index (κ2) is 6.28. The molecule has 0 fully saturated rings. The molecular weight excluding hydrogens is 214 g/mol. The van der Waals surface area contributed by atoms with E-state index in [4.69, 9.17) is 4.74 Å². The summed E-state index contributed by atoms with van der Waals surface area (Å²) >= 11 is 0. The van der Waals surface area contributed by atoms with Crippen LogP contribution in [0, 0.1) is 6.92 Å². The van der Waals surface area contributed by atoms with Crippen LogP contribution >= 0.6 is 0 Å². The normalized spacial score (nSPS) is 12.0. The molecule has 0 bridgehead atoms. The average molecular weight is 235 g/mol. The minimum atomic E-state index is -0.433. The first kappa shape index (κ1) is 13.6. The molecule has 0 N–H and O–H groups in total. The molecule has 0 aliphatic heterocycles. The van der Waals surface area contributed by atoms with Gasteiger partial charge in [0.2, 0.25) is 0 Å². The van der Waals surface area contributed by atoms with Gasteiger partial charge < -0.3 is 9.64 Å². The van der Waals surface area contributed by atoms with Gasteiger partial charge in [-0.05, 0) is 39.8 Å². The molecule has 0 saturated carbocycles. The molecule has 1 aromatic carbocycles. The molecule has 3 nitrogen and oxygen atoms in total. The van der Waals surface area contributed by atoms with Crippen molar-refractivity contribution in [2.45, 2.75) is 33.8 Å². The Kier molecular flexibility index (Phi) is 5.01. The molecule has 94 valence electrons. The number of hydrogen-bond donors (Lipinski definition) is 0. The number of hydrogen-bond acceptors (Lipinski definition) is 2. The van der Waals surface area contributed by atoms with Gasteiger partial charge in [-0.15, -0.1) is 0 Å². The molecule has 0 aliphatic rings. The highest BCUT2D eigenvalue weighted by Gasteiger charge is 2.19. The highest BCUT2D eigenvalue weighted by Crippen LogP contribution is 2.14. The summed E-state index contributed by atoms with van der Waals surface area (Å²) in [5.74, 6) is 0.777. The van der Waals surface area contributed by atoms with Gasteiger partial charge in [0.05, 0.1) is 0 Å². The fraction of sp³-hybridized carbons (Fsp3) is 0.500. The maximum Gasteiger partial charge on any atom is 0.263 e. The minimum absolute atomic E-state index is 0.0376. The summed E-state index contributed by atoms with van der Waals surface area (Å²) < 4.78 is 5.62. The Bertz CT molecular complexity index is 355. The molecule has 3 heteroatoms. The average Bonchev–Trinajstić information content (AvgIpc) is 2.33. The third kappa shape index (κ3) is 3.77. The van der Waals surface area contributed by atoms with Crippen LogP contribution in [0.2, 0.25) is 0 Å². The van der Waals surface area contributed by atoms with Crippen LogP contribution < -0.4 is 4.74 Å². The highest BCUT2D eigenvalue weighted by atomic mass is 16.5. The van der Waals surface area contributed by atoms with Gasteiger partial charge in [-0.3, -0.25) is 4.79 Å². The third-order valence-electron chi connectivity index (χ3n) is 2.76. The predicted molar refractivity (Wildman–Crippen MR) is 69.2 cm³/mol. The number of benzene rings is 1. The van der Waals surface area contributed by atoms with E-state index in [9.17, 15) is 4.79 Å². The SMILES string of the molecule is CCN(CC)C(=O)[C@@H](C)Oc1ccc(C)cc1. The van der Waals surface area contributed by atoms with Gasteiger partial charge in [-0.1, -0.05) is 17.7 Å². The first-order valence-electron chi connectivity index (χ1n) is 6.10. The quantitative estimate of drug-likeness (QED) is 0.785. The van der Waals surface area contributed by atoms with Crippen molar-refractivity contribution in [3.05, 3.63) is 29.8 Å². The number of rotatable bonds is 5. The molecule has 0 aliphatic carbocycles. The van der Waals surface area contributed by atoms with Crippen molar-refractivity contribution in [1.82, 2.24) is 4.90 Å². The molecule has 1 rings (SSSR count). The van der Waals surface area contributed by atoms with E-state index < -0.39 is 6.10 Å². The lowest BCUT2D eigenvalue weighted by Crippen LogP contribution is -2.40. The highest BCUT2D eigenvalue weighted by molar-refractivity contribution is 5.80. The van der Waals surface area contributed by atoms with Crippen molar-refractivity contribution in [3.63, 3.8) is 0 Å². The van der Waals surface area contributed by atoms with Crippen LogP contribution in [-0.4, -0.2) is 30.0 Å². The van der Waals surface area contributed by atoms with Crippen molar-refractivity contribution in [3.8, 4) is 5.75 Å². The molecule has 1 aromatic rings. The van der Waals surface area contributed by atoms with Crippen LogP contribution in [0.1, 0.15) is 26.3 Å². The molecule has 0 unspecified atom stereocenters. The molecule has 17 heavy (non-hydrogen) atoms. The van der Waals surface area contributed by atoms with E-state index in [0.717, 1.165) is 18.8 Å². The molecule has 0 saturated heterocycles. The lowest BCUT2D eigenvalue weighted by atomic mass is 10.2. The van der Waals surface area contributed by atoms with Crippen LogP contribution in [0.15, 0.2) is 24.3 Å². The first-order chi connectivity index (χ1) is 8.08. The zero-order valence-electron chi connectivity index (χ0n) is 11.1. The van der Waals surface area contributed by atoms with Crippen molar-refractivity contribution >= 4 is 5.91 Å². The Balaban J connectivity index is 2.62. The second-order valence-electron chi connectivity index (χ2n) is 4.08. The van der Waals surface area contributed by atoms with E-state index in [2.05, 4.69) is 0 Å². The summed E-state index contributed by atoms with van der Waals surface area (Å²) in [6.45, 7) is 9.20. The van der Waals surface area contributed by atoms with Gasteiger partial charge in [0.25, 0.3) is 5.91 Å². The molecule has 0 radical (unpaired) electrons. The maximum atomic E-state index is 12.0. The van der Waals surface area contributed by atoms with E-state index in [0.29, 0.717) is 0 Å². The zero-order valence-corrected chi connectivity index (χ0v) is 11.1. The number of aryl methyl sites for hydroxylation is 1. The fourth-order valence-electron chi connectivity index (χ4n) is 1.66. The van der Waals surface area contributed by atoms with Crippen molar-refractivity contribution in [1.29, 1.82) is 0 Å². The Labute approximate surface area is 103 Å². The Hall–Kier alpha value is -1.51. The molecule has 0 heterocycles. The lowest BCUT2D eigenvalue weighted by molar-refractivity contribution is -0.137. The molecule has 0 aromatic heterocycles. The largest absolute Gasteiger partial charge is 0.481 e. The topological polar surface area (TPSA) is 29.5 Å². The summed E-state index contributed by atoms with van der Waals surface area (Å²) in [5.41, 5.74) is 1.18. The maximum absolute atomic E-state index is 12.0. The Morgan fingerprint density at radius 1 is 1.24 bits per heavy atom. The summed E-state index contributed by atoms with van der Waals surface area (Å²) in [4.78, 5) is 13.8. The van der Waals surface area contributed by atoms with Crippen molar-refractivity contribution < 1.29 is 9.53 Å². The monoisotopic (exact) mass is 235 g/mol. The minimum Gasteiger partial charge on any atom is -0.481 e. The summed E-state index contributed by atoms with van der Waals surface area (Å²) in [5, 5.41) is 0. The molecule has 1 atom stereocenters. The lowest BCUT2D eigenvalue weighted by Gasteiger charge is -2.23. The van der Waals surface area contributed by atoms with Crippen LogP contribution in [-0.2, 0) is 4.79 Å². The number of carbonyl (C=O) groups is 1. The standard InChI is InChI=1S/C14H21NO2/c1-5-15(6-2)14(16)12(4)17-13-9-7-11(3)8-10-13/h7-10,12H,5-6H2,1-4H3/t12-/m1/s1. The van der Waals surface area contributed by atoms with E-state index in [-0.39, 0.29) is 5.91 Å². The van der Waals surface area contributed by atoms with Crippen LogP contribution in [0.5, 0.6) is 5.75 Å². The second-order valence-corrected chi connectivity index (χ2v) is 4.08. The first-order valence-corrected chi connectivity index (χ1v) is 6.10. The van der Waals surface area contributed by atoms with Crippen molar-refractivity contribution in [2.75, 3.05) is 13.1 Å². The van der Waals surface area contributed by atoms with Gasteiger partial charge >= 0.3 is 0 Å². The smallest absolute Gasteiger partial charge is 0.263 e. The molecular formula is C14H21NO2. The number of ether oxygens (including phenoxy) is 1. The fourth-order valence-corrected chi connectivity index (χ4v) is 1.66. The molecule has 0 spiro atoms. The third-order valence-corrected chi connectivity index (χ3v) is 2.76.